The number of rotatable bonds is 2. The molecule has 0 saturated heterocycles. The summed E-state index contributed by atoms with van der Waals surface area (Å²) in [7, 11) is 0. The molecule has 0 spiro atoms. The van der Waals surface area contributed by atoms with Crippen molar-refractivity contribution < 1.29 is 4.74 Å². The zero-order chi connectivity index (χ0) is 18.3. The van der Waals surface area contributed by atoms with Gasteiger partial charge in [-0.1, -0.05) is 32.9 Å². The molecule has 1 aliphatic carbocycles. The van der Waals surface area contributed by atoms with Crippen molar-refractivity contribution in [1.29, 1.82) is 0 Å². The van der Waals surface area contributed by atoms with Gasteiger partial charge in [0.05, 0.1) is 5.52 Å². The van der Waals surface area contributed by atoms with E-state index in [0.29, 0.717) is 0 Å². The summed E-state index contributed by atoms with van der Waals surface area (Å²) in [5, 5.41) is 0.995. The number of hydrogen-bond donors (Lipinski definition) is 1. The minimum absolute atomic E-state index is 0. The van der Waals surface area contributed by atoms with Crippen LogP contribution in [-0.2, 0) is 18.3 Å². The van der Waals surface area contributed by atoms with E-state index in [9.17, 15) is 0 Å². The fraction of sp³-hybridized carbons (Fsp3) is 0.348. The zero-order valence-electron chi connectivity index (χ0n) is 16.2. The molecular formula is C23H27ClN2O. The van der Waals surface area contributed by atoms with Gasteiger partial charge < -0.3 is 10.5 Å². The number of nitrogen functional groups attached to an aromatic ring is 1. The molecule has 2 N–H and O–H groups in total. The van der Waals surface area contributed by atoms with E-state index in [-0.39, 0.29) is 17.8 Å². The summed E-state index contributed by atoms with van der Waals surface area (Å²) in [5.74, 6) is 1.63. The van der Waals surface area contributed by atoms with E-state index in [1.54, 1.807) is 0 Å². The van der Waals surface area contributed by atoms with Crippen molar-refractivity contribution in [1.82, 2.24) is 4.98 Å². The van der Waals surface area contributed by atoms with Crippen LogP contribution in [0.5, 0.6) is 11.5 Å². The van der Waals surface area contributed by atoms with Gasteiger partial charge >= 0.3 is 0 Å². The highest BCUT2D eigenvalue weighted by molar-refractivity contribution is 5.93. The van der Waals surface area contributed by atoms with Crippen LogP contribution in [0.3, 0.4) is 0 Å². The molecule has 3 nitrogen and oxygen atoms in total. The third-order valence-corrected chi connectivity index (χ3v) is 5.23. The fourth-order valence-corrected chi connectivity index (χ4v) is 3.66. The van der Waals surface area contributed by atoms with Crippen LogP contribution < -0.4 is 10.5 Å². The van der Waals surface area contributed by atoms with Crippen LogP contribution in [0.4, 0.5) is 5.69 Å². The largest absolute Gasteiger partial charge is 0.457 e. The predicted molar refractivity (Wildman–Crippen MR) is 115 cm³/mol. The van der Waals surface area contributed by atoms with E-state index < -0.39 is 0 Å². The second-order valence-electron chi connectivity index (χ2n) is 8.21. The van der Waals surface area contributed by atoms with Crippen molar-refractivity contribution in [2.75, 3.05) is 5.73 Å². The fourth-order valence-electron chi connectivity index (χ4n) is 3.66. The molecule has 2 aromatic carbocycles. The number of nitrogens with zero attached hydrogens (tertiary/aromatic N) is 1. The first kappa shape index (κ1) is 19.5. The number of hydrogen-bond acceptors (Lipinski definition) is 3. The summed E-state index contributed by atoms with van der Waals surface area (Å²) in [6, 6.07) is 14.3. The Bertz CT molecular complexity index is 959. The van der Waals surface area contributed by atoms with Crippen molar-refractivity contribution in [3.8, 4) is 11.5 Å². The molecule has 142 valence electrons. The third kappa shape index (κ3) is 3.89. The SMILES string of the molecule is CC(C)(C)c1ccc(Oc2ccc3nc4c(c(N)c3c2)CCCC4)cc1.Cl. The first-order valence-electron chi connectivity index (χ1n) is 9.41. The van der Waals surface area contributed by atoms with E-state index >= 15 is 0 Å². The number of benzene rings is 2. The van der Waals surface area contributed by atoms with Crippen molar-refractivity contribution in [2.24, 2.45) is 0 Å². The molecule has 4 rings (SSSR count). The number of nitrogens with two attached hydrogens (primary N) is 1. The Hall–Kier alpha value is -2.26. The Morgan fingerprint density at radius 3 is 2.30 bits per heavy atom. The average molecular weight is 383 g/mol. The van der Waals surface area contributed by atoms with Crippen LogP contribution in [0.15, 0.2) is 42.5 Å². The standard InChI is InChI=1S/C23H26N2O.ClH/c1-23(2,3)15-8-10-16(11-9-15)26-17-12-13-21-19(14-17)22(24)18-6-4-5-7-20(18)25-21;/h8-14H,4-7H2,1-3H3,(H2,24,25);1H. The van der Waals surface area contributed by atoms with E-state index in [4.69, 9.17) is 15.5 Å². The molecule has 27 heavy (non-hydrogen) atoms. The Kier molecular flexibility index (Phi) is 5.34. The quantitative estimate of drug-likeness (QED) is 0.573. The Labute approximate surface area is 167 Å². The van der Waals surface area contributed by atoms with E-state index in [1.807, 2.05) is 30.3 Å². The van der Waals surface area contributed by atoms with Gasteiger partial charge in [0.15, 0.2) is 0 Å². The van der Waals surface area contributed by atoms with Gasteiger partial charge in [-0.2, -0.15) is 0 Å². The second kappa shape index (κ2) is 7.40. The first-order valence-corrected chi connectivity index (χ1v) is 9.41. The van der Waals surface area contributed by atoms with Crippen LogP contribution in [0.25, 0.3) is 10.9 Å². The van der Waals surface area contributed by atoms with Crippen LogP contribution in [0, 0.1) is 0 Å². The summed E-state index contributed by atoms with van der Waals surface area (Å²) in [4.78, 5) is 4.83. The molecular weight excluding hydrogens is 356 g/mol. The number of halogens is 1. The van der Waals surface area contributed by atoms with Crippen molar-refractivity contribution in [3.63, 3.8) is 0 Å². The number of aromatic nitrogens is 1. The summed E-state index contributed by atoms with van der Waals surface area (Å²) in [5.41, 5.74) is 12.1. The van der Waals surface area contributed by atoms with Gasteiger partial charge in [-0.25, -0.2) is 0 Å². The van der Waals surface area contributed by atoms with Crippen LogP contribution >= 0.6 is 12.4 Å². The van der Waals surface area contributed by atoms with Gasteiger partial charge in [0, 0.05) is 16.8 Å². The second-order valence-corrected chi connectivity index (χ2v) is 8.21. The number of ether oxygens (including phenoxy) is 1. The molecule has 1 aliphatic rings. The summed E-state index contributed by atoms with van der Waals surface area (Å²) < 4.78 is 6.07. The molecule has 4 heteroatoms. The van der Waals surface area contributed by atoms with Gasteiger partial charge in [-0.15, -0.1) is 12.4 Å². The molecule has 0 unspecified atom stereocenters. The average Bonchev–Trinajstić information content (AvgIpc) is 2.62. The summed E-state index contributed by atoms with van der Waals surface area (Å²) >= 11 is 0. The Balaban J connectivity index is 0.00000210. The highest BCUT2D eigenvalue weighted by Crippen LogP contribution is 2.34. The lowest BCUT2D eigenvalue weighted by Gasteiger charge is -2.19. The maximum Gasteiger partial charge on any atom is 0.128 e. The van der Waals surface area contributed by atoms with Gasteiger partial charge in [0.25, 0.3) is 0 Å². The van der Waals surface area contributed by atoms with Gasteiger partial charge in [-0.05, 0) is 72.6 Å². The topological polar surface area (TPSA) is 48.1 Å². The number of anilines is 1. The van der Waals surface area contributed by atoms with Gasteiger partial charge in [-0.3, -0.25) is 4.98 Å². The highest BCUT2D eigenvalue weighted by Gasteiger charge is 2.17. The van der Waals surface area contributed by atoms with Gasteiger partial charge in [0.2, 0.25) is 0 Å². The maximum absolute atomic E-state index is 6.47. The number of fused-ring (bicyclic) bond motifs is 2. The normalized spacial score (nSPS) is 13.7. The van der Waals surface area contributed by atoms with Crippen LogP contribution in [-0.4, -0.2) is 4.98 Å². The lowest BCUT2D eigenvalue weighted by Crippen LogP contribution is -2.10. The first-order chi connectivity index (χ1) is 12.4. The maximum atomic E-state index is 6.47. The molecule has 1 aromatic heterocycles. The molecule has 3 aromatic rings. The van der Waals surface area contributed by atoms with Crippen molar-refractivity contribution >= 4 is 29.0 Å². The van der Waals surface area contributed by atoms with Crippen molar-refractivity contribution in [3.05, 3.63) is 59.3 Å². The Morgan fingerprint density at radius 1 is 0.926 bits per heavy atom. The molecule has 0 atom stereocenters. The summed E-state index contributed by atoms with van der Waals surface area (Å²) in [6.07, 6.45) is 4.47. The lowest BCUT2D eigenvalue weighted by molar-refractivity contribution is 0.482. The predicted octanol–water partition coefficient (Wildman–Crippen LogP) is 6.21. The summed E-state index contributed by atoms with van der Waals surface area (Å²) in [6.45, 7) is 6.63. The Morgan fingerprint density at radius 2 is 1.59 bits per heavy atom. The van der Waals surface area contributed by atoms with Gasteiger partial charge in [0.1, 0.15) is 11.5 Å². The molecule has 1 heterocycles. The number of pyridine rings is 1. The van der Waals surface area contributed by atoms with Crippen LogP contribution in [0.1, 0.15) is 50.4 Å². The minimum atomic E-state index is 0. The van der Waals surface area contributed by atoms with E-state index in [0.717, 1.165) is 40.9 Å². The molecule has 0 saturated carbocycles. The van der Waals surface area contributed by atoms with Crippen molar-refractivity contribution in [2.45, 2.75) is 51.9 Å². The lowest BCUT2D eigenvalue weighted by atomic mass is 9.87. The molecule has 0 amide bonds. The van der Waals surface area contributed by atoms with E-state index in [1.165, 1.54) is 29.7 Å². The monoisotopic (exact) mass is 382 g/mol. The molecule has 0 fully saturated rings. The molecule has 0 aliphatic heterocycles. The molecule has 0 bridgehead atoms. The smallest absolute Gasteiger partial charge is 0.128 e. The molecule has 0 radical (unpaired) electrons. The zero-order valence-corrected chi connectivity index (χ0v) is 17.0. The number of aryl methyl sites for hydroxylation is 1. The third-order valence-electron chi connectivity index (χ3n) is 5.23. The highest BCUT2D eigenvalue weighted by atomic mass is 35.5. The van der Waals surface area contributed by atoms with E-state index in [2.05, 4.69) is 32.9 Å². The minimum Gasteiger partial charge on any atom is -0.457 e. The van der Waals surface area contributed by atoms with Crippen LogP contribution in [0.2, 0.25) is 0 Å².